The van der Waals surface area contributed by atoms with Crippen molar-refractivity contribution < 1.29 is 19.1 Å². The number of hydrogen-bond donors (Lipinski definition) is 3. The molecule has 1 heterocycles. The second-order valence-corrected chi connectivity index (χ2v) is 7.65. The highest BCUT2D eigenvalue weighted by Gasteiger charge is 2.25. The molecule has 3 N–H and O–H groups in total. The monoisotopic (exact) mass is 406 g/mol. The molecule has 0 spiro atoms. The molecule has 29 heavy (non-hydrogen) atoms. The van der Waals surface area contributed by atoms with Crippen LogP contribution in [0.25, 0.3) is 0 Å². The average molecular weight is 407 g/mol. The lowest BCUT2D eigenvalue weighted by Crippen LogP contribution is -2.44. The standard InChI is InChI=1S/C21H34N4O4/c1-6-9-22-21(27)24-16-7-8-18-17(10-16)20(26)25(4)12-19(28-5)14(2)11-23-15(3)13-29-18/h7-8,10,14-15,19,23H,6,9,11-13H2,1-5H3,(H2,22,24,27)/t14-,15+,19+/m0/s1. The summed E-state index contributed by atoms with van der Waals surface area (Å²) in [6, 6.07) is 4.95. The molecule has 162 valence electrons. The van der Waals surface area contributed by atoms with Crippen molar-refractivity contribution in [3.05, 3.63) is 23.8 Å². The predicted molar refractivity (Wildman–Crippen MR) is 114 cm³/mol. The van der Waals surface area contributed by atoms with Crippen molar-refractivity contribution in [2.45, 2.75) is 39.3 Å². The van der Waals surface area contributed by atoms with Gasteiger partial charge in [-0.25, -0.2) is 4.79 Å². The van der Waals surface area contributed by atoms with Crippen LogP contribution in [0.3, 0.4) is 0 Å². The number of methoxy groups -OCH3 is 1. The zero-order valence-corrected chi connectivity index (χ0v) is 18.1. The molecule has 0 bridgehead atoms. The van der Waals surface area contributed by atoms with Crippen molar-refractivity contribution in [1.82, 2.24) is 15.5 Å². The van der Waals surface area contributed by atoms with E-state index in [1.165, 1.54) is 0 Å². The summed E-state index contributed by atoms with van der Waals surface area (Å²) in [7, 11) is 3.42. The van der Waals surface area contributed by atoms with E-state index in [1.54, 1.807) is 37.3 Å². The Labute approximate surface area is 173 Å². The van der Waals surface area contributed by atoms with Crippen molar-refractivity contribution >= 4 is 17.6 Å². The molecule has 8 nitrogen and oxygen atoms in total. The van der Waals surface area contributed by atoms with E-state index in [9.17, 15) is 9.59 Å². The number of benzene rings is 1. The number of rotatable bonds is 4. The van der Waals surface area contributed by atoms with Crippen LogP contribution in [0.5, 0.6) is 5.75 Å². The Morgan fingerprint density at radius 3 is 2.83 bits per heavy atom. The molecule has 1 aromatic carbocycles. The molecule has 8 heteroatoms. The Balaban J connectivity index is 2.29. The summed E-state index contributed by atoms with van der Waals surface area (Å²) < 4.78 is 11.6. The van der Waals surface area contributed by atoms with E-state index in [-0.39, 0.29) is 30.0 Å². The third kappa shape index (κ3) is 6.61. The van der Waals surface area contributed by atoms with Crippen molar-refractivity contribution in [2.75, 3.05) is 45.7 Å². The zero-order chi connectivity index (χ0) is 21.4. The molecule has 0 fully saturated rings. The van der Waals surface area contributed by atoms with Crippen molar-refractivity contribution in [3.63, 3.8) is 0 Å². The third-order valence-corrected chi connectivity index (χ3v) is 5.02. The summed E-state index contributed by atoms with van der Waals surface area (Å²) in [6.45, 7) is 8.37. The van der Waals surface area contributed by atoms with Gasteiger partial charge in [-0.1, -0.05) is 13.8 Å². The highest BCUT2D eigenvalue weighted by atomic mass is 16.5. The second-order valence-electron chi connectivity index (χ2n) is 7.65. The van der Waals surface area contributed by atoms with Gasteiger partial charge in [0.2, 0.25) is 0 Å². The van der Waals surface area contributed by atoms with Gasteiger partial charge < -0.3 is 30.3 Å². The number of hydrogen-bond acceptors (Lipinski definition) is 5. The Morgan fingerprint density at radius 1 is 1.38 bits per heavy atom. The molecule has 0 aromatic heterocycles. The van der Waals surface area contributed by atoms with Gasteiger partial charge >= 0.3 is 6.03 Å². The molecule has 0 saturated carbocycles. The quantitative estimate of drug-likeness (QED) is 0.714. The summed E-state index contributed by atoms with van der Waals surface area (Å²) in [5.41, 5.74) is 0.953. The number of likely N-dealkylation sites (N-methyl/N-ethyl adjacent to an activating group) is 1. The molecule has 3 amide bonds. The van der Waals surface area contributed by atoms with E-state index in [1.807, 2.05) is 13.8 Å². The van der Waals surface area contributed by atoms with E-state index < -0.39 is 0 Å². The molecular formula is C21H34N4O4. The van der Waals surface area contributed by atoms with Gasteiger partial charge in [0.05, 0.1) is 11.7 Å². The number of nitrogens with zero attached hydrogens (tertiary/aromatic N) is 1. The molecule has 0 unspecified atom stereocenters. The summed E-state index contributed by atoms with van der Waals surface area (Å²) in [6.07, 6.45) is 0.758. The van der Waals surface area contributed by atoms with E-state index in [0.717, 1.165) is 13.0 Å². The van der Waals surface area contributed by atoms with Crippen molar-refractivity contribution in [3.8, 4) is 5.75 Å². The fraction of sp³-hybridized carbons (Fsp3) is 0.619. The first-order chi connectivity index (χ1) is 13.8. The molecule has 2 rings (SSSR count). The number of carbonyl (C=O) groups excluding carboxylic acids is 2. The minimum absolute atomic E-state index is 0.0893. The molecule has 0 aliphatic carbocycles. The van der Waals surface area contributed by atoms with Crippen LogP contribution in [-0.4, -0.2) is 69.4 Å². The lowest BCUT2D eigenvalue weighted by atomic mass is 10.0. The summed E-state index contributed by atoms with van der Waals surface area (Å²) in [4.78, 5) is 26.8. The lowest BCUT2D eigenvalue weighted by molar-refractivity contribution is 0.0281. The number of carbonyl (C=O) groups is 2. The summed E-state index contributed by atoms with van der Waals surface area (Å²) in [5.74, 6) is 0.553. The third-order valence-electron chi connectivity index (χ3n) is 5.02. The van der Waals surface area contributed by atoms with Crippen LogP contribution in [-0.2, 0) is 4.74 Å². The van der Waals surface area contributed by atoms with Gasteiger partial charge in [-0.05, 0) is 37.5 Å². The fourth-order valence-corrected chi connectivity index (χ4v) is 3.15. The highest BCUT2D eigenvalue weighted by molar-refractivity contribution is 5.99. The molecule has 0 saturated heterocycles. The summed E-state index contributed by atoms with van der Waals surface area (Å²) >= 11 is 0. The molecule has 3 atom stereocenters. The molecule has 0 radical (unpaired) electrons. The lowest BCUT2D eigenvalue weighted by Gasteiger charge is -2.30. The zero-order valence-electron chi connectivity index (χ0n) is 18.1. The van der Waals surface area contributed by atoms with Crippen LogP contribution in [0.15, 0.2) is 18.2 Å². The topological polar surface area (TPSA) is 91.9 Å². The number of fused-ring (bicyclic) bond motifs is 1. The van der Waals surface area contributed by atoms with Gasteiger partial charge in [0.15, 0.2) is 0 Å². The first kappa shape index (κ1) is 23.0. The average Bonchev–Trinajstić information content (AvgIpc) is 2.71. The van der Waals surface area contributed by atoms with Gasteiger partial charge in [-0.15, -0.1) is 0 Å². The Kier molecular flexibility index (Phi) is 8.72. The fourth-order valence-electron chi connectivity index (χ4n) is 3.15. The van der Waals surface area contributed by atoms with E-state index in [4.69, 9.17) is 9.47 Å². The van der Waals surface area contributed by atoms with E-state index >= 15 is 0 Å². The van der Waals surface area contributed by atoms with E-state index in [2.05, 4.69) is 22.9 Å². The molecule has 1 aliphatic rings. The Hall–Kier alpha value is -2.32. The number of amides is 3. The highest BCUT2D eigenvalue weighted by Crippen LogP contribution is 2.25. The summed E-state index contributed by atoms with van der Waals surface area (Å²) in [5, 5.41) is 8.98. The van der Waals surface area contributed by atoms with Crippen LogP contribution in [0.2, 0.25) is 0 Å². The molecular weight excluding hydrogens is 372 g/mol. The smallest absolute Gasteiger partial charge is 0.319 e. The van der Waals surface area contributed by atoms with Crippen molar-refractivity contribution in [2.24, 2.45) is 5.92 Å². The maximum absolute atomic E-state index is 13.2. The van der Waals surface area contributed by atoms with E-state index in [0.29, 0.717) is 36.7 Å². The maximum atomic E-state index is 13.2. The Bertz CT molecular complexity index is 697. The minimum atomic E-state index is -0.298. The van der Waals surface area contributed by atoms with Crippen LogP contribution < -0.4 is 20.7 Å². The van der Waals surface area contributed by atoms with Crippen LogP contribution >= 0.6 is 0 Å². The van der Waals surface area contributed by atoms with Gasteiger partial charge in [0, 0.05) is 45.5 Å². The first-order valence-electron chi connectivity index (χ1n) is 10.2. The molecule has 1 aliphatic heterocycles. The maximum Gasteiger partial charge on any atom is 0.319 e. The number of ether oxygens (including phenoxy) is 2. The Morgan fingerprint density at radius 2 is 2.14 bits per heavy atom. The normalized spacial score (nSPS) is 23.3. The number of anilines is 1. The molecule has 1 aromatic rings. The van der Waals surface area contributed by atoms with Gasteiger partial charge in [0.25, 0.3) is 5.91 Å². The number of urea groups is 1. The SMILES string of the molecule is CCCNC(=O)Nc1ccc2c(c1)C(=O)N(C)C[C@@H](OC)[C@@H](C)CN[C@H](C)CO2. The van der Waals surface area contributed by atoms with Crippen LogP contribution in [0.1, 0.15) is 37.6 Å². The van der Waals surface area contributed by atoms with Gasteiger partial charge in [-0.2, -0.15) is 0 Å². The van der Waals surface area contributed by atoms with Crippen LogP contribution in [0, 0.1) is 5.92 Å². The first-order valence-corrected chi connectivity index (χ1v) is 10.2. The van der Waals surface area contributed by atoms with Gasteiger partial charge in [-0.3, -0.25) is 4.79 Å². The second kappa shape index (κ2) is 11.0. The largest absolute Gasteiger partial charge is 0.491 e. The van der Waals surface area contributed by atoms with Crippen LogP contribution in [0.4, 0.5) is 10.5 Å². The predicted octanol–water partition coefficient (Wildman–Crippen LogP) is 2.31. The van der Waals surface area contributed by atoms with Crippen molar-refractivity contribution in [1.29, 1.82) is 0 Å². The number of nitrogens with one attached hydrogen (secondary N) is 3. The minimum Gasteiger partial charge on any atom is -0.491 e. The van der Waals surface area contributed by atoms with Gasteiger partial charge in [0.1, 0.15) is 12.4 Å².